The molecule has 6 heteroatoms. The van der Waals surface area contributed by atoms with Gasteiger partial charge >= 0.3 is 6.09 Å². The van der Waals surface area contributed by atoms with Crippen molar-refractivity contribution < 1.29 is 19.0 Å². The number of hydrogen-bond donors (Lipinski definition) is 1. The van der Waals surface area contributed by atoms with Gasteiger partial charge in [0.1, 0.15) is 17.0 Å². The third-order valence-corrected chi connectivity index (χ3v) is 3.54. The second-order valence-corrected chi connectivity index (χ2v) is 6.84. The van der Waals surface area contributed by atoms with Crippen molar-refractivity contribution in [2.45, 2.75) is 38.4 Å². The minimum Gasteiger partial charge on any atom is -0.444 e. The molecule has 21 heavy (non-hydrogen) atoms. The molecule has 1 aliphatic heterocycles. The number of hydrogen-bond acceptors (Lipinski definition) is 3. The number of carbonyl (C=O) groups excluding carboxylic acids is 1. The number of halogens is 2. The summed E-state index contributed by atoms with van der Waals surface area (Å²) in [4.78, 5) is 13.2. The van der Waals surface area contributed by atoms with E-state index in [1.165, 1.54) is 17.0 Å². The first-order valence-electron chi connectivity index (χ1n) is 6.73. The van der Waals surface area contributed by atoms with E-state index in [1.54, 1.807) is 26.8 Å². The summed E-state index contributed by atoms with van der Waals surface area (Å²) in [5.74, 6) is -0.452. The zero-order valence-corrected chi connectivity index (χ0v) is 13.1. The van der Waals surface area contributed by atoms with Gasteiger partial charge in [0.15, 0.2) is 0 Å². The van der Waals surface area contributed by atoms with Crippen molar-refractivity contribution in [2.24, 2.45) is 0 Å². The Hall–Kier alpha value is -1.33. The molecule has 116 valence electrons. The van der Waals surface area contributed by atoms with Crippen LogP contribution in [0.15, 0.2) is 18.2 Å². The molecule has 1 aliphatic rings. The summed E-state index contributed by atoms with van der Waals surface area (Å²) in [6, 6.07) is 4.39. The number of β-amino-alcohol motifs (C(OH)–C–C–N with tert-alkyl or cyclic N) is 1. The van der Waals surface area contributed by atoms with Gasteiger partial charge in [-0.05, 0) is 32.9 Å². The molecule has 2 rings (SSSR count). The van der Waals surface area contributed by atoms with Gasteiger partial charge in [0.05, 0.1) is 13.1 Å². The Morgan fingerprint density at radius 2 is 2.10 bits per heavy atom. The van der Waals surface area contributed by atoms with Crippen LogP contribution in [0.3, 0.4) is 0 Å². The molecular weight excluding hydrogens is 297 g/mol. The predicted octanol–water partition coefficient (Wildman–Crippen LogP) is 3.00. The van der Waals surface area contributed by atoms with E-state index in [1.807, 2.05) is 0 Å². The second kappa shape index (κ2) is 5.46. The second-order valence-electron chi connectivity index (χ2n) is 6.44. The number of rotatable bonds is 2. The first kappa shape index (κ1) is 16.0. The molecule has 0 bridgehead atoms. The molecule has 1 saturated heterocycles. The van der Waals surface area contributed by atoms with Crippen molar-refractivity contribution in [1.82, 2.24) is 4.90 Å². The molecule has 0 spiro atoms. The smallest absolute Gasteiger partial charge is 0.410 e. The Labute approximate surface area is 128 Å². The summed E-state index contributed by atoms with van der Waals surface area (Å²) in [5, 5.41) is 10.6. The molecule has 0 unspecified atom stereocenters. The average molecular weight is 316 g/mol. The molecule has 1 N–H and O–H groups in total. The van der Waals surface area contributed by atoms with E-state index in [-0.39, 0.29) is 30.1 Å². The lowest BCUT2D eigenvalue weighted by Crippen LogP contribution is -2.65. The van der Waals surface area contributed by atoms with E-state index in [9.17, 15) is 14.3 Å². The first-order valence-corrected chi connectivity index (χ1v) is 7.11. The maximum absolute atomic E-state index is 13.7. The number of benzene rings is 1. The number of nitrogens with zero attached hydrogens (tertiary/aromatic N) is 1. The van der Waals surface area contributed by atoms with Crippen LogP contribution in [-0.2, 0) is 11.2 Å². The van der Waals surface area contributed by atoms with E-state index >= 15 is 0 Å². The lowest BCUT2D eigenvalue weighted by molar-refractivity contribution is -0.0976. The fourth-order valence-electron chi connectivity index (χ4n) is 2.26. The topological polar surface area (TPSA) is 49.8 Å². The zero-order chi connectivity index (χ0) is 15.8. The average Bonchev–Trinajstić information content (AvgIpc) is 2.28. The standard InChI is InChI=1S/C15H19ClFNO3/c1-14(2,3)21-13(19)18-8-15(20,9-18)7-10-11(16)5-4-6-12(10)17/h4-6,20H,7-9H2,1-3H3. The van der Waals surface area contributed by atoms with Gasteiger partial charge < -0.3 is 14.7 Å². The third-order valence-electron chi connectivity index (χ3n) is 3.19. The SMILES string of the molecule is CC(C)(C)OC(=O)N1CC(O)(Cc2c(F)cccc2Cl)C1. The molecule has 1 aromatic rings. The Bertz CT molecular complexity index is 530. The normalized spacial score (nSPS) is 17.3. The van der Waals surface area contributed by atoms with Crippen molar-refractivity contribution in [3.05, 3.63) is 34.6 Å². The van der Waals surface area contributed by atoms with E-state index < -0.39 is 23.1 Å². The molecule has 0 saturated carbocycles. The van der Waals surface area contributed by atoms with E-state index in [4.69, 9.17) is 16.3 Å². The lowest BCUT2D eigenvalue weighted by Gasteiger charge is -2.46. The van der Waals surface area contributed by atoms with Crippen molar-refractivity contribution in [2.75, 3.05) is 13.1 Å². The van der Waals surface area contributed by atoms with Crippen LogP contribution in [0.5, 0.6) is 0 Å². The van der Waals surface area contributed by atoms with Crippen LogP contribution in [0.2, 0.25) is 5.02 Å². The maximum atomic E-state index is 13.7. The molecule has 4 nitrogen and oxygen atoms in total. The fraction of sp³-hybridized carbons (Fsp3) is 0.533. The van der Waals surface area contributed by atoms with Gasteiger partial charge in [-0.3, -0.25) is 0 Å². The first-order chi connectivity index (χ1) is 9.60. The summed E-state index contributed by atoms with van der Waals surface area (Å²) in [6.07, 6.45) is -0.413. The van der Waals surface area contributed by atoms with Gasteiger partial charge in [-0.25, -0.2) is 9.18 Å². The molecule has 1 fully saturated rings. The maximum Gasteiger partial charge on any atom is 0.410 e. The number of aliphatic hydroxyl groups is 1. The fourth-order valence-corrected chi connectivity index (χ4v) is 2.49. The predicted molar refractivity (Wildman–Crippen MR) is 77.9 cm³/mol. The molecule has 0 aromatic heterocycles. The molecule has 0 radical (unpaired) electrons. The molecule has 0 aliphatic carbocycles. The van der Waals surface area contributed by atoms with Crippen molar-refractivity contribution in [3.8, 4) is 0 Å². The van der Waals surface area contributed by atoms with Crippen LogP contribution in [0.1, 0.15) is 26.3 Å². The Morgan fingerprint density at radius 3 is 2.62 bits per heavy atom. The Balaban J connectivity index is 1.97. The largest absolute Gasteiger partial charge is 0.444 e. The van der Waals surface area contributed by atoms with E-state index in [0.717, 1.165) is 0 Å². The molecular formula is C15H19ClFNO3. The zero-order valence-electron chi connectivity index (χ0n) is 12.3. The van der Waals surface area contributed by atoms with Crippen molar-refractivity contribution in [3.63, 3.8) is 0 Å². The van der Waals surface area contributed by atoms with Crippen molar-refractivity contribution >= 4 is 17.7 Å². The number of amides is 1. The summed E-state index contributed by atoms with van der Waals surface area (Å²) in [6.45, 7) is 5.53. The van der Waals surface area contributed by atoms with Crippen molar-refractivity contribution in [1.29, 1.82) is 0 Å². The number of ether oxygens (including phenoxy) is 1. The summed E-state index contributed by atoms with van der Waals surface area (Å²) in [5.41, 5.74) is -1.48. The van der Waals surface area contributed by atoms with Crippen LogP contribution in [0.4, 0.5) is 9.18 Å². The van der Waals surface area contributed by atoms with Gasteiger partial charge in [-0.15, -0.1) is 0 Å². The quantitative estimate of drug-likeness (QED) is 0.912. The Morgan fingerprint density at radius 1 is 1.48 bits per heavy atom. The number of carbonyl (C=O) groups is 1. The molecule has 1 heterocycles. The summed E-state index contributed by atoms with van der Waals surface area (Å²) >= 11 is 5.95. The van der Waals surface area contributed by atoms with Crippen LogP contribution in [0.25, 0.3) is 0 Å². The highest BCUT2D eigenvalue weighted by atomic mass is 35.5. The van der Waals surface area contributed by atoms with Gasteiger partial charge in [0, 0.05) is 17.0 Å². The molecule has 1 amide bonds. The number of likely N-dealkylation sites (tertiary alicyclic amines) is 1. The lowest BCUT2D eigenvalue weighted by atomic mass is 9.87. The highest BCUT2D eigenvalue weighted by Crippen LogP contribution is 2.30. The van der Waals surface area contributed by atoms with Gasteiger partial charge in [0.25, 0.3) is 0 Å². The highest BCUT2D eigenvalue weighted by molar-refractivity contribution is 6.31. The minimum atomic E-state index is -1.16. The summed E-state index contributed by atoms with van der Waals surface area (Å²) in [7, 11) is 0. The monoisotopic (exact) mass is 315 g/mol. The van der Waals surface area contributed by atoms with Gasteiger partial charge in [0.2, 0.25) is 0 Å². The van der Waals surface area contributed by atoms with Crippen LogP contribution in [0, 0.1) is 5.82 Å². The van der Waals surface area contributed by atoms with E-state index in [0.29, 0.717) is 0 Å². The van der Waals surface area contributed by atoms with Crippen LogP contribution < -0.4 is 0 Å². The van der Waals surface area contributed by atoms with Crippen LogP contribution in [-0.4, -0.2) is 40.4 Å². The van der Waals surface area contributed by atoms with Gasteiger partial charge in [-0.1, -0.05) is 17.7 Å². The Kier molecular flexibility index (Phi) is 4.17. The molecule has 1 aromatic carbocycles. The third kappa shape index (κ3) is 3.86. The van der Waals surface area contributed by atoms with Gasteiger partial charge in [-0.2, -0.15) is 0 Å². The van der Waals surface area contributed by atoms with E-state index in [2.05, 4.69) is 0 Å². The highest BCUT2D eigenvalue weighted by Gasteiger charge is 2.45. The molecule has 0 atom stereocenters. The minimum absolute atomic E-state index is 0.0673. The summed E-state index contributed by atoms with van der Waals surface area (Å²) < 4.78 is 18.9. The van der Waals surface area contributed by atoms with Crippen LogP contribution >= 0.6 is 11.6 Å².